The monoisotopic (exact) mass is 398 g/mol. The summed E-state index contributed by atoms with van der Waals surface area (Å²) in [5.74, 6) is 0. The highest BCUT2D eigenvalue weighted by atomic mass is 35.5. The minimum absolute atomic E-state index is 0.205. The Morgan fingerprint density at radius 3 is 2.59 bits per heavy atom. The first-order valence-corrected chi connectivity index (χ1v) is 10.2. The Hall–Kier alpha value is -1.74. The average molecular weight is 399 g/mol. The van der Waals surface area contributed by atoms with E-state index in [9.17, 15) is 0 Å². The molecule has 0 radical (unpaired) electrons. The summed E-state index contributed by atoms with van der Waals surface area (Å²) in [6.07, 6.45) is 7.65. The van der Waals surface area contributed by atoms with Crippen molar-refractivity contribution in [2.24, 2.45) is 5.73 Å². The number of benzene rings is 2. The lowest BCUT2D eigenvalue weighted by molar-refractivity contribution is 0.400. The molecular weight excluding hydrogens is 375 g/mol. The van der Waals surface area contributed by atoms with Gasteiger partial charge in [0.25, 0.3) is 0 Å². The Morgan fingerprint density at radius 1 is 1.07 bits per heavy atom. The Bertz CT molecular complexity index is 926. The van der Waals surface area contributed by atoms with Crippen LogP contribution in [0.15, 0.2) is 60.3 Å². The maximum Gasteiger partial charge on any atom is 0.0456 e. The van der Waals surface area contributed by atoms with E-state index < -0.39 is 0 Å². The molecule has 27 heavy (non-hydrogen) atoms. The highest BCUT2D eigenvalue weighted by Gasteiger charge is 2.44. The number of rotatable bonds is 5. The van der Waals surface area contributed by atoms with E-state index in [4.69, 9.17) is 28.9 Å². The summed E-state index contributed by atoms with van der Waals surface area (Å²) < 4.78 is 0. The lowest BCUT2D eigenvalue weighted by atomic mass is 9.86. The van der Waals surface area contributed by atoms with Crippen molar-refractivity contribution in [1.29, 1.82) is 0 Å². The molecule has 0 saturated heterocycles. The van der Waals surface area contributed by atoms with Crippen LogP contribution < -0.4 is 5.73 Å². The molecule has 0 bridgehead atoms. The maximum atomic E-state index is 6.67. The van der Waals surface area contributed by atoms with E-state index in [0.717, 1.165) is 42.9 Å². The zero-order chi connectivity index (χ0) is 19.0. The summed E-state index contributed by atoms with van der Waals surface area (Å²) in [6.45, 7) is 3.75. The zero-order valence-electron chi connectivity index (χ0n) is 15.5. The highest BCUT2D eigenvalue weighted by molar-refractivity contribution is 6.33. The van der Waals surface area contributed by atoms with Gasteiger partial charge in [0.2, 0.25) is 0 Å². The predicted octanol–water partition coefficient (Wildman–Crippen LogP) is 5.83. The fourth-order valence-electron chi connectivity index (χ4n) is 3.76. The van der Waals surface area contributed by atoms with Crippen molar-refractivity contribution in [2.75, 3.05) is 6.54 Å². The second-order valence-electron chi connectivity index (χ2n) is 7.49. The van der Waals surface area contributed by atoms with Crippen molar-refractivity contribution < 1.29 is 0 Å². The van der Waals surface area contributed by atoms with Gasteiger partial charge in [-0.2, -0.15) is 0 Å². The van der Waals surface area contributed by atoms with E-state index in [2.05, 4.69) is 48.4 Å². The topological polar surface area (TPSA) is 29.3 Å². The molecular formula is C23H24Cl2N2. The Balaban J connectivity index is 1.67. The molecule has 4 rings (SSSR count). The van der Waals surface area contributed by atoms with Gasteiger partial charge in [-0.25, -0.2) is 0 Å². The van der Waals surface area contributed by atoms with E-state index in [1.807, 2.05) is 18.2 Å². The first-order chi connectivity index (χ1) is 13.0. The van der Waals surface area contributed by atoms with Gasteiger partial charge in [0, 0.05) is 34.9 Å². The van der Waals surface area contributed by atoms with Crippen molar-refractivity contribution in [1.82, 2.24) is 4.90 Å². The predicted molar refractivity (Wildman–Crippen MR) is 115 cm³/mol. The van der Waals surface area contributed by atoms with Crippen LogP contribution in [0, 0.1) is 0 Å². The van der Waals surface area contributed by atoms with Crippen molar-refractivity contribution in [3.8, 4) is 0 Å². The molecule has 1 heterocycles. The number of nitrogens with zero attached hydrogens (tertiary/aromatic N) is 1. The second kappa shape index (κ2) is 7.35. The van der Waals surface area contributed by atoms with Crippen LogP contribution in [0.5, 0.6) is 0 Å². The molecule has 2 aromatic carbocycles. The van der Waals surface area contributed by atoms with Gasteiger partial charge in [-0.05, 0) is 65.3 Å². The average Bonchev–Trinajstić information content (AvgIpc) is 3.43. The second-order valence-corrected chi connectivity index (χ2v) is 8.34. The molecule has 2 N–H and O–H groups in total. The van der Waals surface area contributed by atoms with Gasteiger partial charge in [-0.1, -0.05) is 60.5 Å². The first kappa shape index (κ1) is 18.6. The van der Waals surface area contributed by atoms with E-state index in [-0.39, 0.29) is 5.54 Å². The molecule has 2 aliphatic rings. The molecule has 1 fully saturated rings. The smallest absolute Gasteiger partial charge is 0.0456 e. The van der Waals surface area contributed by atoms with Crippen molar-refractivity contribution in [3.05, 3.63) is 87.0 Å². The van der Waals surface area contributed by atoms with E-state index >= 15 is 0 Å². The molecule has 0 unspecified atom stereocenters. The molecule has 0 aromatic heterocycles. The van der Waals surface area contributed by atoms with Crippen LogP contribution in [0.3, 0.4) is 0 Å². The van der Waals surface area contributed by atoms with E-state index in [0.29, 0.717) is 5.02 Å². The van der Waals surface area contributed by atoms with Crippen LogP contribution in [0.2, 0.25) is 10.0 Å². The summed E-state index contributed by atoms with van der Waals surface area (Å²) in [6, 6.07) is 14.3. The minimum atomic E-state index is -0.205. The summed E-state index contributed by atoms with van der Waals surface area (Å²) in [7, 11) is 0. The third-order valence-electron chi connectivity index (χ3n) is 5.53. The summed E-state index contributed by atoms with van der Waals surface area (Å²) in [5.41, 5.74) is 12.7. The van der Waals surface area contributed by atoms with Gasteiger partial charge in [0.15, 0.2) is 0 Å². The standard InChI is InChI=1S/C23H24Cl2N2/c1-2-16-5-3-4-6-19(16)20-9-12-27(15-21(20)23(26)10-11-23)14-17-13-18(24)7-8-22(17)25/h3-9,13,15H,2,10-12,14,26H2,1H3. The number of nitrogens with two attached hydrogens (primary N) is 1. The third-order valence-corrected chi connectivity index (χ3v) is 6.13. The van der Waals surface area contributed by atoms with Gasteiger partial charge in [-0.15, -0.1) is 0 Å². The Morgan fingerprint density at radius 2 is 1.85 bits per heavy atom. The molecule has 0 amide bonds. The van der Waals surface area contributed by atoms with Crippen molar-refractivity contribution in [3.63, 3.8) is 0 Å². The molecule has 140 valence electrons. The SMILES string of the molecule is CCc1ccccc1C1=CCN(Cc2cc(Cl)ccc2Cl)C=C1C1(N)CC1. The number of aryl methyl sites for hydroxylation is 1. The normalized spacial score (nSPS) is 18.1. The van der Waals surface area contributed by atoms with Gasteiger partial charge < -0.3 is 10.6 Å². The van der Waals surface area contributed by atoms with Gasteiger partial charge in [-0.3, -0.25) is 0 Å². The van der Waals surface area contributed by atoms with E-state index in [1.54, 1.807) is 0 Å². The highest BCUT2D eigenvalue weighted by Crippen LogP contribution is 2.47. The Kier molecular flexibility index (Phi) is 5.07. The first-order valence-electron chi connectivity index (χ1n) is 9.48. The number of hydrogen-bond donors (Lipinski definition) is 1. The van der Waals surface area contributed by atoms with Crippen LogP contribution >= 0.6 is 23.2 Å². The summed E-state index contributed by atoms with van der Waals surface area (Å²) in [5, 5.41) is 1.45. The van der Waals surface area contributed by atoms with Crippen molar-refractivity contribution in [2.45, 2.75) is 38.3 Å². The summed E-state index contributed by atoms with van der Waals surface area (Å²) >= 11 is 12.5. The quantitative estimate of drug-likeness (QED) is 0.685. The summed E-state index contributed by atoms with van der Waals surface area (Å²) in [4.78, 5) is 2.28. The number of halogens is 2. The minimum Gasteiger partial charge on any atom is -0.369 e. The molecule has 1 saturated carbocycles. The van der Waals surface area contributed by atoms with Crippen LogP contribution in [0.25, 0.3) is 5.57 Å². The fraction of sp³-hybridized carbons (Fsp3) is 0.304. The molecule has 1 aliphatic carbocycles. The lowest BCUT2D eigenvalue weighted by Crippen LogP contribution is -2.31. The van der Waals surface area contributed by atoms with Crippen LogP contribution in [-0.4, -0.2) is 17.0 Å². The lowest BCUT2D eigenvalue weighted by Gasteiger charge is -2.31. The largest absolute Gasteiger partial charge is 0.369 e. The Labute approximate surface area is 171 Å². The van der Waals surface area contributed by atoms with E-state index in [1.165, 1.54) is 22.3 Å². The molecule has 2 aromatic rings. The molecule has 4 heteroatoms. The van der Waals surface area contributed by atoms with Gasteiger partial charge in [0.1, 0.15) is 0 Å². The van der Waals surface area contributed by atoms with Crippen LogP contribution in [0.4, 0.5) is 0 Å². The molecule has 1 aliphatic heterocycles. The zero-order valence-corrected chi connectivity index (χ0v) is 17.0. The van der Waals surface area contributed by atoms with Gasteiger partial charge in [0.05, 0.1) is 0 Å². The number of hydrogen-bond acceptors (Lipinski definition) is 2. The van der Waals surface area contributed by atoms with Crippen LogP contribution in [-0.2, 0) is 13.0 Å². The third kappa shape index (κ3) is 3.80. The van der Waals surface area contributed by atoms with Crippen LogP contribution in [0.1, 0.15) is 36.5 Å². The van der Waals surface area contributed by atoms with Gasteiger partial charge >= 0.3 is 0 Å². The fourth-order valence-corrected chi connectivity index (χ4v) is 4.14. The molecule has 0 atom stereocenters. The molecule has 0 spiro atoms. The molecule has 2 nitrogen and oxygen atoms in total. The maximum absolute atomic E-state index is 6.67. The van der Waals surface area contributed by atoms with Crippen molar-refractivity contribution >= 4 is 28.8 Å².